The van der Waals surface area contributed by atoms with Crippen molar-refractivity contribution in [3.05, 3.63) is 0 Å². The number of hydrogen-bond acceptors (Lipinski definition) is 8. The molecule has 0 atom stereocenters. The Hall–Kier alpha value is -1.67. The number of hydrogen-bond donors (Lipinski definition) is 1. The van der Waals surface area contributed by atoms with E-state index in [-0.39, 0.29) is 26.4 Å². The van der Waals surface area contributed by atoms with Crippen LogP contribution >= 0.6 is 0 Å². The first kappa shape index (κ1) is 16.3. The molecule has 0 unspecified atom stereocenters. The molecule has 0 saturated carbocycles. The maximum absolute atomic E-state index is 11.3. The van der Waals surface area contributed by atoms with Crippen molar-refractivity contribution >= 4 is 17.9 Å². The van der Waals surface area contributed by atoms with Gasteiger partial charge in [-0.25, -0.2) is 0 Å². The van der Waals surface area contributed by atoms with Gasteiger partial charge in [0.15, 0.2) is 0 Å². The maximum atomic E-state index is 11.3. The molecule has 0 aromatic carbocycles. The SMILES string of the molecule is CNCOC(=O)CN(CC(=O)OC)CC(=O)OC. The molecule has 0 fully saturated rings. The van der Waals surface area contributed by atoms with Crippen molar-refractivity contribution < 1.29 is 28.6 Å². The van der Waals surface area contributed by atoms with E-state index in [0.29, 0.717) is 0 Å². The summed E-state index contributed by atoms with van der Waals surface area (Å²) in [6.45, 7) is -0.532. The first-order valence-electron chi connectivity index (χ1n) is 5.19. The van der Waals surface area contributed by atoms with Crippen molar-refractivity contribution in [1.82, 2.24) is 10.2 Å². The van der Waals surface area contributed by atoms with E-state index in [9.17, 15) is 14.4 Å². The lowest BCUT2D eigenvalue weighted by Gasteiger charge is -2.18. The minimum Gasteiger partial charge on any atom is -0.468 e. The standard InChI is InChI=1S/C10H18N2O6/c1-11-7-18-10(15)6-12(4-8(13)16-2)5-9(14)17-3/h11H,4-7H2,1-3H3. The Kier molecular flexibility index (Phi) is 8.50. The third-order valence-electron chi connectivity index (χ3n) is 1.89. The van der Waals surface area contributed by atoms with E-state index in [4.69, 9.17) is 4.74 Å². The Balaban J connectivity index is 4.31. The smallest absolute Gasteiger partial charge is 0.321 e. The molecule has 0 saturated heterocycles. The summed E-state index contributed by atoms with van der Waals surface area (Å²) in [5, 5.41) is 2.63. The van der Waals surface area contributed by atoms with Crippen LogP contribution < -0.4 is 5.32 Å². The first-order valence-corrected chi connectivity index (χ1v) is 5.19. The fourth-order valence-corrected chi connectivity index (χ4v) is 1.04. The molecule has 0 aliphatic rings. The average molecular weight is 262 g/mol. The minimum absolute atomic E-state index is 0.0587. The molecule has 0 bridgehead atoms. The molecule has 0 spiro atoms. The van der Waals surface area contributed by atoms with E-state index < -0.39 is 17.9 Å². The predicted octanol–water partition coefficient (Wildman–Crippen LogP) is -1.65. The number of rotatable bonds is 8. The summed E-state index contributed by atoms with van der Waals surface area (Å²) in [4.78, 5) is 34.8. The summed E-state index contributed by atoms with van der Waals surface area (Å²) in [5.41, 5.74) is 0. The van der Waals surface area contributed by atoms with Gasteiger partial charge in [-0.3, -0.25) is 24.6 Å². The summed E-state index contributed by atoms with van der Waals surface area (Å²) in [6, 6.07) is 0. The Morgan fingerprint density at radius 3 is 1.78 bits per heavy atom. The summed E-state index contributed by atoms with van der Waals surface area (Å²) >= 11 is 0. The second-order valence-electron chi connectivity index (χ2n) is 3.31. The van der Waals surface area contributed by atoms with Gasteiger partial charge in [0.25, 0.3) is 0 Å². The quantitative estimate of drug-likeness (QED) is 0.316. The summed E-state index contributed by atoms with van der Waals surface area (Å²) in [7, 11) is 4.06. The van der Waals surface area contributed by atoms with Crippen LogP contribution in [0.15, 0.2) is 0 Å². The highest BCUT2D eigenvalue weighted by Crippen LogP contribution is 1.93. The molecule has 8 nitrogen and oxygen atoms in total. The van der Waals surface area contributed by atoms with Crippen LogP contribution in [0.1, 0.15) is 0 Å². The van der Waals surface area contributed by atoms with Crippen LogP contribution in [0, 0.1) is 0 Å². The molecule has 104 valence electrons. The average Bonchev–Trinajstić information content (AvgIpc) is 2.35. The van der Waals surface area contributed by atoms with Crippen molar-refractivity contribution in [2.75, 3.05) is 47.6 Å². The Bertz CT molecular complexity index is 276. The van der Waals surface area contributed by atoms with Crippen molar-refractivity contribution in [1.29, 1.82) is 0 Å². The highest BCUT2D eigenvalue weighted by Gasteiger charge is 2.19. The van der Waals surface area contributed by atoms with Crippen LogP contribution in [0.4, 0.5) is 0 Å². The number of nitrogens with one attached hydrogen (secondary N) is 1. The lowest BCUT2D eigenvalue weighted by molar-refractivity contribution is -0.150. The zero-order valence-electron chi connectivity index (χ0n) is 10.7. The molecule has 8 heteroatoms. The van der Waals surface area contributed by atoms with Gasteiger partial charge in [0.1, 0.15) is 6.73 Å². The van der Waals surface area contributed by atoms with Crippen LogP contribution in [-0.2, 0) is 28.6 Å². The number of methoxy groups -OCH3 is 2. The van der Waals surface area contributed by atoms with Crippen LogP contribution in [-0.4, -0.2) is 70.4 Å². The fraction of sp³-hybridized carbons (Fsp3) is 0.700. The number of nitrogens with zero attached hydrogens (tertiary/aromatic N) is 1. The van der Waals surface area contributed by atoms with Gasteiger partial charge in [-0.05, 0) is 7.05 Å². The second-order valence-corrected chi connectivity index (χ2v) is 3.31. The molecule has 0 heterocycles. The van der Waals surface area contributed by atoms with Crippen molar-refractivity contribution in [2.24, 2.45) is 0 Å². The van der Waals surface area contributed by atoms with Gasteiger partial charge in [0.2, 0.25) is 0 Å². The van der Waals surface area contributed by atoms with E-state index in [1.165, 1.54) is 19.1 Å². The lowest BCUT2D eigenvalue weighted by Crippen LogP contribution is -2.40. The molecule has 1 N–H and O–H groups in total. The Morgan fingerprint density at radius 1 is 0.944 bits per heavy atom. The summed E-state index contributed by atoms with van der Waals surface area (Å²) in [6.07, 6.45) is 0. The fourth-order valence-electron chi connectivity index (χ4n) is 1.04. The van der Waals surface area contributed by atoms with Gasteiger partial charge in [0.05, 0.1) is 33.9 Å². The number of esters is 3. The van der Waals surface area contributed by atoms with E-state index >= 15 is 0 Å². The van der Waals surface area contributed by atoms with Crippen molar-refractivity contribution in [3.63, 3.8) is 0 Å². The van der Waals surface area contributed by atoms with Crippen LogP contribution in [0.25, 0.3) is 0 Å². The third kappa shape index (κ3) is 7.58. The van der Waals surface area contributed by atoms with E-state index in [0.717, 1.165) is 0 Å². The zero-order valence-corrected chi connectivity index (χ0v) is 10.7. The molecule has 0 aromatic heterocycles. The van der Waals surface area contributed by atoms with Crippen LogP contribution in [0.2, 0.25) is 0 Å². The highest BCUT2D eigenvalue weighted by atomic mass is 16.5. The van der Waals surface area contributed by atoms with E-state index in [1.807, 2.05) is 0 Å². The molecule has 18 heavy (non-hydrogen) atoms. The summed E-state index contributed by atoms with van der Waals surface area (Å²) in [5.74, 6) is -1.67. The molecule has 0 aliphatic carbocycles. The molecule has 0 aliphatic heterocycles. The van der Waals surface area contributed by atoms with Crippen LogP contribution in [0.3, 0.4) is 0 Å². The number of carbonyl (C=O) groups is 3. The summed E-state index contributed by atoms with van der Waals surface area (Å²) < 4.78 is 13.7. The van der Waals surface area contributed by atoms with Gasteiger partial charge < -0.3 is 14.2 Å². The van der Waals surface area contributed by atoms with Gasteiger partial charge >= 0.3 is 17.9 Å². The van der Waals surface area contributed by atoms with E-state index in [1.54, 1.807) is 7.05 Å². The molecule has 0 aromatic rings. The zero-order chi connectivity index (χ0) is 14.0. The monoisotopic (exact) mass is 262 g/mol. The highest BCUT2D eigenvalue weighted by molar-refractivity contribution is 5.77. The van der Waals surface area contributed by atoms with Gasteiger partial charge in [0, 0.05) is 0 Å². The molecular formula is C10H18N2O6. The lowest BCUT2D eigenvalue weighted by atomic mass is 10.4. The van der Waals surface area contributed by atoms with Crippen molar-refractivity contribution in [3.8, 4) is 0 Å². The Morgan fingerprint density at radius 2 is 1.39 bits per heavy atom. The van der Waals surface area contributed by atoms with Crippen molar-refractivity contribution in [2.45, 2.75) is 0 Å². The number of carbonyl (C=O) groups excluding carboxylic acids is 3. The predicted molar refractivity (Wildman–Crippen MR) is 60.5 cm³/mol. The third-order valence-corrected chi connectivity index (χ3v) is 1.89. The normalized spacial score (nSPS) is 10.0. The molecule has 0 rings (SSSR count). The topological polar surface area (TPSA) is 94.2 Å². The largest absolute Gasteiger partial charge is 0.468 e. The Labute approximate surface area is 105 Å². The molecule has 0 amide bonds. The minimum atomic E-state index is -0.558. The van der Waals surface area contributed by atoms with Gasteiger partial charge in [-0.2, -0.15) is 0 Å². The van der Waals surface area contributed by atoms with Gasteiger partial charge in [-0.1, -0.05) is 0 Å². The second kappa shape index (κ2) is 9.37. The van der Waals surface area contributed by atoms with Gasteiger partial charge in [-0.15, -0.1) is 0 Å². The van der Waals surface area contributed by atoms with Crippen LogP contribution in [0.5, 0.6) is 0 Å². The maximum Gasteiger partial charge on any atom is 0.321 e. The number of ether oxygens (including phenoxy) is 3. The van der Waals surface area contributed by atoms with E-state index in [2.05, 4.69) is 14.8 Å². The molecule has 0 radical (unpaired) electrons. The first-order chi connectivity index (χ1) is 8.53. The molecular weight excluding hydrogens is 244 g/mol.